The van der Waals surface area contributed by atoms with Gasteiger partial charge in [-0.2, -0.15) is 0 Å². The van der Waals surface area contributed by atoms with Crippen LogP contribution in [0.15, 0.2) is 0 Å². The number of nitrogens with zero attached hydrogens (tertiary/aromatic N) is 1. The summed E-state index contributed by atoms with van der Waals surface area (Å²) in [5.74, 6) is 0.444. The molecule has 0 fully saturated rings. The van der Waals surface area contributed by atoms with Crippen LogP contribution in [0.1, 0.15) is 240 Å². The van der Waals surface area contributed by atoms with Gasteiger partial charge in [0.25, 0.3) is 0 Å². The standard InChI is InChI=1S/C46H91NO5/c1-5-8-11-14-19-26-33-43(4)42-51-45(49)36-29-22-17-24-31-38-47(40-41-48)39-32-25-18-23-30-37-46(50)52-44(34-27-20-15-12-9-6-2)35-28-21-16-13-10-7-3/h43-44,48H,5-42H2,1-4H3. The van der Waals surface area contributed by atoms with E-state index in [9.17, 15) is 14.7 Å². The first-order valence-corrected chi connectivity index (χ1v) is 23.1. The van der Waals surface area contributed by atoms with Gasteiger partial charge in [0.1, 0.15) is 6.10 Å². The topological polar surface area (TPSA) is 76.1 Å². The second-order valence-electron chi connectivity index (χ2n) is 16.2. The molecule has 6 heteroatoms. The van der Waals surface area contributed by atoms with Crippen molar-refractivity contribution in [3.8, 4) is 0 Å². The third kappa shape index (κ3) is 37.2. The highest BCUT2D eigenvalue weighted by atomic mass is 16.5. The first-order valence-electron chi connectivity index (χ1n) is 23.1. The number of aliphatic hydroxyl groups excluding tert-OH is 1. The summed E-state index contributed by atoms with van der Waals surface area (Å²) in [6, 6.07) is 0. The minimum absolute atomic E-state index is 0.0136. The van der Waals surface area contributed by atoms with Gasteiger partial charge >= 0.3 is 11.9 Å². The average molecular weight is 738 g/mol. The van der Waals surface area contributed by atoms with E-state index in [0.29, 0.717) is 25.4 Å². The quantitative estimate of drug-likeness (QED) is 0.0496. The molecule has 52 heavy (non-hydrogen) atoms. The lowest BCUT2D eigenvalue weighted by Gasteiger charge is -2.21. The van der Waals surface area contributed by atoms with Crippen LogP contribution < -0.4 is 0 Å². The highest BCUT2D eigenvalue weighted by Crippen LogP contribution is 2.19. The van der Waals surface area contributed by atoms with Crippen LogP contribution in [0.5, 0.6) is 0 Å². The lowest BCUT2D eigenvalue weighted by atomic mass is 10.0. The van der Waals surface area contributed by atoms with E-state index in [0.717, 1.165) is 90.3 Å². The second-order valence-corrected chi connectivity index (χ2v) is 16.2. The van der Waals surface area contributed by atoms with E-state index in [2.05, 4.69) is 32.6 Å². The summed E-state index contributed by atoms with van der Waals surface area (Å²) in [4.78, 5) is 27.2. The molecule has 0 amide bonds. The molecule has 6 nitrogen and oxygen atoms in total. The number of hydrogen-bond acceptors (Lipinski definition) is 6. The van der Waals surface area contributed by atoms with Gasteiger partial charge < -0.3 is 19.5 Å². The molecule has 0 spiro atoms. The number of ether oxygens (including phenoxy) is 2. The summed E-state index contributed by atoms with van der Waals surface area (Å²) in [6.07, 6.45) is 38.6. The van der Waals surface area contributed by atoms with E-state index < -0.39 is 0 Å². The summed E-state index contributed by atoms with van der Waals surface area (Å²) in [6.45, 7) is 12.6. The van der Waals surface area contributed by atoms with Crippen molar-refractivity contribution in [1.82, 2.24) is 4.90 Å². The van der Waals surface area contributed by atoms with E-state index in [4.69, 9.17) is 9.47 Å². The molecule has 0 saturated carbocycles. The van der Waals surface area contributed by atoms with Crippen molar-refractivity contribution in [2.75, 3.05) is 32.8 Å². The molecule has 0 aromatic rings. The molecule has 0 bridgehead atoms. The number of rotatable bonds is 42. The summed E-state index contributed by atoms with van der Waals surface area (Å²) in [5, 5.41) is 9.56. The highest BCUT2D eigenvalue weighted by Gasteiger charge is 2.14. The molecule has 0 rings (SSSR count). The lowest BCUT2D eigenvalue weighted by Crippen LogP contribution is -2.29. The van der Waals surface area contributed by atoms with Gasteiger partial charge in [0.2, 0.25) is 0 Å². The van der Waals surface area contributed by atoms with Crippen LogP contribution in [0, 0.1) is 5.92 Å². The summed E-state index contributed by atoms with van der Waals surface area (Å²) < 4.78 is 11.6. The van der Waals surface area contributed by atoms with Crippen LogP contribution in [-0.2, 0) is 19.1 Å². The molecule has 1 N–H and O–H groups in total. The predicted molar refractivity (Wildman–Crippen MR) is 223 cm³/mol. The van der Waals surface area contributed by atoms with Crippen LogP contribution in [0.25, 0.3) is 0 Å². The molecular formula is C46H91NO5. The Labute approximate surface area is 324 Å². The highest BCUT2D eigenvalue weighted by molar-refractivity contribution is 5.69. The SMILES string of the molecule is CCCCCCCCC(C)COC(=O)CCCCCCCN(CCO)CCCCCCCC(=O)OC(CCCCCCCC)CCCCCCCC. The van der Waals surface area contributed by atoms with Crippen molar-refractivity contribution in [2.24, 2.45) is 5.92 Å². The molecule has 0 aromatic carbocycles. The minimum Gasteiger partial charge on any atom is -0.465 e. The van der Waals surface area contributed by atoms with E-state index in [-0.39, 0.29) is 24.6 Å². The summed E-state index contributed by atoms with van der Waals surface area (Å²) in [5.41, 5.74) is 0. The van der Waals surface area contributed by atoms with Gasteiger partial charge in [0.05, 0.1) is 13.2 Å². The zero-order chi connectivity index (χ0) is 38.2. The van der Waals surface area contributed by atoms with Crippen LogP contribution in [-0.4, -0.2) is 60.9 Å². The van der Waals surface area contributed by atoms with Crippen molar-refractivity contribution in [3.63, 3.8) is 0 Å². The maximum absolute atomic E-state index is 12.7. The van der Waals surface area contributed by atoms with E-state index >= 15 is 0 Å². The Morgan fingerprint density at radius 1 is 0.481 bits per heavy atom. The van der Waals surface area contributed by atoms with Crippen LogP contribution >= 0.6 is 0 Å². The van der Waals surface area contributed by atoms with Crippen molar-refractivity contribution in [3.05, 3.63) is 0 Å². The third-order valence-electron chi connectivity index (χ3n) is 10.8. The van der Waals surface area contributed by atoms with Gasteiger partial charge in [-0.1, -0.05) is 169 Å². The smallest absolute Gasteiger partial charge is 0.306 e. The Hall–Kier alpha value is -1.14. The number of carbonyl (C=O) groups is 2. The second kappa shape index (κ2) is 41.0. The Balaban J connectivity index is 3.97. The van der Waals surface area contributed by atoms with Crippen molar-refractivity contribution in [2.45, 2.75) is 246 Å². The third-order valence-corrected chi connectivity index (χ3v) is 10.8. The summed E-state index contributed by atoms with van der Waals surface area (Å²) in [7, 11) is 0. The molecule has 0 heterocycles. The fraction of sp³-hybridized carbons (Fsp3) is 0.957. The Kier molecular flexibility index (Phi) is 40.1. The van der Waals surface area contributed by atoms with Crippen molar-refractivity contribution >= 4 is 11.9 Å². The normalized spacial score (nSPS) is 12.2. The van der Waals surface area contributed by atoms with Crippen LogP contribution in [0.2, 0.25) is 0 Å². The maximum atomic E-state index is 12.7. The number of hydrogen-bond donors (Lipinski definition) is 1. The number of unbranched alkanes of at least 4 members (excludes halogenated alkanes) is 23. The zero-order valence-corrected chi connectivity index (χ0v) is 35.6. The molecule has 310 valence electrons. The maximum Gasteiger partial charge on any atom is 0.306 e. The Bertz CT molecular complexity index is 730. The largest absolute Gasteiger partial charge is 0.465 e. The van der Waals surface area contributed by atoms with E-state index in [1.807, 2.05) is 0 Å². The van der Waals surface area contributed by atoms with Gasteiger partial charge in [-0.05, 0) is 76.8 Å². The van der Waals surface area contributed by atoms with Crippen molar-refractivity contribution < 1.29 is 24.2 Å². The fourth-order valence-corrected chi connectivity index (χ4v) is 7.22. The molecule has 0 saturated heterocycles. The molecule has 0 aliphatic rings. The first kappa shape index (κ1) is 50.9. The fourth-order valence-electron chi connectivity index (χ4n) is 7.22. The monoisotopic (exact) mass is 738 g/mol. The molecular weight excluding hydrogens is 647 g/mol. The molecule has 1 atom stereocenters. The Morgan fingerprint density at radius 2 is 0.865 bits per heavy atom. The van der Waals surface area contributed by atoms with E-state index in [1.54, 1.807) is 0 Å². The molecule has 0 aliphatic heterocycles. The molecule has 0 aromatic heterocycles. The molecule has 1 unspecified atom stereocenters. The van der Waals surface area contributed by atoms with Gasteiger partial charge in [0, 0.05) is 19.4 Å². The minimum atomic E-state index is -0.0323. The van der Waals surface area contributed by atoms with Gasteiger partial charge in [0.15, 0.2) is 0 Å². The molecule has 0 aliphatic carbocycles. The lowest BCUT2D eigenvalue weighted by molar-refractivity contribution is -0.150. The summed E-state index contributed by atoms with van der Waals surface area (Å²) >= 11 is 0. The molecule has 0 radical (unpaired) electrons. The zero-order valence-electron chi connectivity index (χ0n) is 35.6. The van der Waals surface area contributed by atoms with Gasteiger partial charge in [-0.3, -0.25) is 9.59 Å². The number of esters is 2. The van der Waals surface area contributed by atoms with Crippen LogP contribution in [0.3, 0.4) is 0 Å². The van der Waals surface area contributed by atoms with Gasteiger partial charge in [-0.25, -0.2) is 0 Å². The van der Waals surface area contributed by atoms with Gasteiger partial charge in [-0.15, -0.1) is 0 Å². The number of aliphatic hydroxyl groups is 1. The Morgan fingerprint density at radius 3 is 1.33 bits per heavy atom. The first-order chi connectivity index (χ1) is 25.5. The van der Waals surface area contributed by atoms with E-state index in [1.165, 1.54) is 128 Å². The number of carbonyl (C=O) groups excluding carboxylic acids is 2. The average Bonchev–Trinajstić information content (AvgIpc) is 3.13. The predicted octanol–water partition coefficient (Wildman–Crippen LogP) is 13.3. The van der Waals surface area contributed by atoms with Crippen molar-refractivity contribution in [1.29, 1.82) is 0 Å². The van der Waals surface area contributed by atoms with Crippen LogP contribution in [0.4, 0.5) is 0 Å².